The Bertz CT molecular complexity index is 369. The maximum Gasteiger partial charge on any atom is 0.244 e. The summed E-state index contributed by atoms with van der Waals surface area (Å²) in [5.41, 5.74) is 6.91. The van der Waals surface area contributed by atoms with Gasteiger partial charge in [-0.3, -0.25) is 4.79 Å². The lowest BCUT2D eigenvalue weighted by Gasteiger charge is -2.32. The second-order valence-corrected chi connectivity index (χ2v) is 4.90. The lowest BCUT2D eigenvalue weighted by atomic mass is 9.98. The standard InChI is InChI=1S/C14H20N2O/c1-11-7-9-16(10-8-11)14(17)13(15)12-5-3-2-4-6-12/h2-6,11,13H,7-10,15H2,1H3. The summed E-state index contributed by atoms with van der Waals surface area (Å²) in [7, 11) is 0. The molecule has 0 spiro atoms. The third kappa shape index (κ3) is 2.86. The summed E-state index contributed by atoms with van der Waals surface area (Å²) in [5.74, 6) is 0.787. The molecule has 1 aromatic rings. The number of carbonyl (C=O) groups excluding carboxylic acids is 1. The van der Waals surface area contributed by atoms with E-state index in [0.29, 0.717) is 0 Å². The van der Waals surface area contributed by atoms with Crippen molar-refractivity contribution < 1.29 is 4.79 Å². The number of amides is 1. The van der Waals surface area contributed by atoms with Gasteiger partial charge in [-0.05, 0) is 24.3 Å². The lowest BCUT2D eigenvalue weighted by molar-refractivity contribution is -0.134. The molecular formula is C14H20N2O. The van der Waals surface area contributed by atoms with Gasteiger partial charge in [-0.2, -0.15) is 0 Å². The van der Waals surface area contributed by atoms with Gasteiger partial charge in [0.25, 0.3) is 0 Å². The predicted octanol–water partition coefficient (Wildman–Crippen LogP) is 1.94. The summed E-state index contributed by atoms with van der Waals surface area (Å²) in [4.78, 5) is 14.1. The minimum atomic E-state index is -0.510. The van der Waals surface area contributed by atoms with Crippen molar-refractivity contribution in [1.82, 2.24) is 4.90 Å². The molecule has 2 rings (SSSR count). The molecule has 92 valence electrons. The molecule has 1 aliphatic rings. The molecule has 1 saturated heterocycles. The molecule has 1 aromatic carbocycles. The van der Waals surface area contributed by atoms with E-state index in [4.69, 9.17) is 5.73 Å². The average molecular weight is 232 g/mol. The Balaban J connectivity index is 2.00. The zero-order valence-corrected chi connectivity index (χ0v) is 10.3. The van der Waals surface area contributed by atoms with Gasteiger partial charge in [0.05, 0.1) is 0 Å². The number of nitrogens with zero attached hydrogens (tertiary/aromatic N) is 1. The van der Waals surface area contributed by atoms with E-state index in [1.54, 1.807) is 0 Å². The van der Waals surface area contributed by atoms with Crippen LogP contribution < -0.4 is 5.73 Å². The third-order valence-corrected chi connectivity index (χ3v) is 3.52. The van der Waals surface area contributed by atoms with Crippen LogP contribution in [0.2, 0.25) is 0 Å². The summed E-state index contributed by atoms with van der Waals surface area (Å²) in [6.07, 6.45) is 2.18. The van der Waals surface area contributed by atoms with E-state index in [0.717, 1.165) is 37.4 Å². The van der Waals surface area contributed by atoms with Gasteiger partial charge in [-0.25, -0.2) is 0 Å². The first kappa shape index (κ1) is 12.1. The maximum atomic E-state index is 12.2. The predicted molar refractivity (Wildman–Crippen MR) is 68.3 cm³/mol. The van der Waals surface area contributed by atoms with Crippen molar-refractivity contribution in [3.8, 4) is 0 Å². The molecule has 17 heavy (non-hydrogen) atoms. The van der Waals surface area contributed by atoms with E-state index in [2.05, 4.69) is 6.92 Å². The Labute approximate surface area is 103 Å². The first-order valence-electron chi connectivity index (χ1n) is 6.28. The molecule has 1 unspecified atom stereocenters. The number of likely N-dealkylation sites (tertiary alicyclic amines) is 1. The lowest BCUT2D eigenvalue weighted by Crippen LogP contribution is -2.42. The van der Waals surface area contributed by atoms with Crippen LogP contribution in [-0.2, 0) is 4.79 Å². The largest absolute Gasteiger partial charge is 0.341 e. The van der Waals surface area contributed by atoms with Crippen LogP contribution in [0.15, 0.2) is 30.3 Å². The topological polar surface area (TPSA) is 46.3 Å². The maximum absolute atomic E-state index is 12.2. The molecule has 1 fully saturated rings. The van der Waals surface area contributed by atoms with Crippen LogP contribution in [-0.4, -0.2) is 23.9 Å². The van der Waals surface area contributed by atoms with Crippen molar-refractivity contribution in [2.24, 2.45) is 11.7 Å². The van der Waals surface area contributed by atoms with Crippen molar-refractivity contribution >= 4 is 5.91 Å². The minimum absolute atomic E-state index is 0.0584. The molecule has 2 N–H and O–H groups in total. The molecule has 0 aliphatic carbocycles. The number of rotatable bonds is 2. The fourth-order valence-corrected chi connectivity index (χ4v) is 2.23. The highest BCUT2D eigenvalue weighted by atomic mass is 16.2. The van der Waals surface area contributed by atoms with E-state index in [1.807, 2.05) is 35.2 Å². The van der Waals surface area contributed by atoms with E-state index in [1.165, 1.54) is 0 Å². The van der Waals surface area contributed by atoms with Gasteiger partial charge in [-0.1, -0.05) is 37.3 Å². The van der Waals surface area contributed by atoms with Crippen LogP contribution in [0.5, 0.6) is 0 Å². The van der Waals surface area contributed by atoms with E-state index >= 15 is 0 Å². The van der Waals surface area contributed by atoms with Crippen molar-refractivity contribution in [1.29, 1.82) is 0 Å². The SMILES string of the molecule is CC1CCN(C(=O)C(N)c2ccccc2)CC1. The number of carbonyl (C=O) groups is 1. The van der Waals surface area contributed by atoms with Crippen LogP contribution in [0.1, 0.15) is 31.4 Å². The van der Waals surface area contributed by atoms with E-state index < -0.39 is 6.04 Å². The van der Waals surface area contributed by atoms with Crippen LogP contribution in [0.4, 0.5) is 0 Å². The van der Waals surface area contributed by atoms with Crippen molar-refractivity contribution in [2.75, 3.05) is 13.1 Å². The zero-order chi connectivity index (χ0) is 12.3. The number of hydrogen-bond donors (Lipinski definition) is 1. The smallest absolute Gasteiger partial charge is 0.244 e. The molecule has 1 amide bonds. The molecule has 1 heterocycles. The quantitative estimate of drug-likeness (QED) is 0.847. The number of piperidine rings is 1. The molecule has 0 saturated carbocycles. The fourth-order valence-electron chi connectivity index (χ4n) is 2.23. The van der Waals surface area contributed by atoms with Gasteiger partial charge in [0.1, 0.15) is 6.04 Å². The summed E-state index contributed by atoms with van der Waals surface area (Å²) in [6.45, 7) is 3.93. The number of hydrogen-bond acceptors (Lipinski definition) is 2. The minimum Gasteiger partial charge on any atom is -0.341 e. The van der Waals surface area contributed by atoms with Gasteiger partial charge < -0.3 is 10.6 Å². The Hall–Kier alpha value is -1.35. The molecule has 0 radical (unpaired) electrons. The number of benzene rings is 1. The molecule has 0 aromatic heterocycles. The van der Waals surface area contributed by atoms with Gasteiger partial charge in [0.2, 0.25) is 5.91 Å². The Morgan fingerprint density at radius 3 is 2.47 bits per heavy atom. The van der Waals surface area contributed by atoms with Crippen LogP contribution in [0, 0.1) is 5.92 Å². The molecule has 3 nitrogen and oxygen atoms in total. The Morgan fingerprint density at radius 2 is 1.88 bits per heavy atom. The summed E-state index contributed by atoms with van der Waals surface area (Å²) in [5, 5.41) is 0. The van der Waals surface area contributed by atoms with E-state index in [9.17, 15) is 4.79 Å². The highest BCUT2D eigenvalue weighted by molar-refractivity contribution is 5.83. The summed E-state index contributed by atoms with van der Waals surface area (Å²) in [6, 6.07) is 9.08. The first-order valence-corrected chi connectivity index (χ1v) is 6.28. The summed E-state index contributed by atoms with van der Waals surface area (Å²) >= 11 is 0. The fraction of sp³-hybridized carbons (Fsp3) is 0.500. The third-order valence-electron chi connectivity index (χ3n) is 3.52. The monoisotopic (exact) mass is 232 g/mol. The first-order chi connectivity index (χ1) is 8.18. The Morgan fingerprint density at radius 1 is 1.29 bits per heavy atom. The van der Waals surface area contributed by atoms with Crippen molar-refractivity contribution in [3.05, 3.63) is 35.9 Å². The number of nitrogens with two attached hydrogens (primary N) is 1. The van der Waals surface area contributed by atoms with Gasteiger partial charge in [0.15, 0.2) is 0 Å². The highest BCUT2D eigenvalue weighted by Crippen LogP contribution is 2.20. The van der Waals surface area contributed by atoms with Gasteiger partial charge in [0, 0.05) is 13.1 Å². The van der Waals surface area contributed by atoms with Crippen molar-refractivity contribution in [3.63, 3.8) is 0 Å². The highest BCUT2D eigenvalue weighted by Gasteiger charge is 2.25. The second-order valence-electron chi connectivity index (χ2n) is 4.90. The molecule has 0 bridgehead atoms. The van der Waals surface area contributed by atoms with Crippen LogP contribution in [0.25, 0.3) is 0 Å². The summed E-state index contributed by atoms with van der Waals surface area (Å²) < 4.78 is 0. The van der Waals surface area contributed by atoms with Gasteiger partial charge in [-0.15, -0.1) is 0 Å². The average Bonchev–Trinajstić information content (AvgIpc) is 2.39. The molecule has 1 atom stereocenters. The normalized spacial score (nSPS) is 19.1. The van der Waals surface area contributed by atoms with E-state index in [-0.39, 0.29) is 5.91 Å². The molecular weight excluding hydrogens is 212 g/mol. The van der Waals surface area contributed by atoms with Crippen molar-refractivity contribution in [2.45, 2.75) is 25.8 Å². The second kappa shape index (κ2) is 5.32. The Kier molecular flexibility index (Phi) is 3.79. The van der Waals surface area contributed by atoms with Crippen LogP contribution >= 0.6 is 0 Å². The van der Waals surface area contributed by atoms with Crippen LogP contribution in [0.3, 0.4) is 0 Å². The van der Waals surface area contributed by atoms with Gasteiger partial charge >= 0.3 is 0 Å². The zero-order valence-electron chi connectivity index (χ0n) is 10.3. The molecule has 1 aliphatic heterocycles. The molecule has 3 heteroatoms.